The van der Waals surface area contributed by atoms with E-state index < -0.39 is 17.7 Å². The number of carbonyl (C=O) groups excluding carboxylic acids is 3. The van der Waals surface area contributed by atoms with Crippen LogP contribution in [0, 0.1) is 6.92 Å². The Kier molecular flexibility index (Phi) is 4.00. The maximum atomic E-state index is 12.3. The fourth-order valence-corrected chi connectivity index (χ4v) is 2.84. The van der Waals surface area contributed by atoms with Crippen LogP contribution in [-0.2, 0) is 4.79 Å². The van der Waals surface area contributed by atoms with Crippen LogP contribution in [0.15, 0.2) is 53.1 Å². The number of nitrogens with one attached hydrogen (secondary N) is 1. The molecule has 8 nitrogen and oxygen atoms in total. The van der Waals surface area contributed by atoms with Crippen molar-refractivity contribution in [2.75, 3.05) is 11.9 Å². The number of aryl methyl sites for hydroxylation is 1. The second-order valence-corrected chi connectivity index (χ2v) is 6.01. The highest BCUT2D eigenvalue weighted by Gasteiger charge is 2.36. The zero-order chi connectivity index (χ0) is 19.0. The highest BCUT2D eigenvalue weighted by Crippen LogP contribution is 2.23. The first-order valence-electron chi connectivity index (χ1n) is 8.19. The van der Waals surface area contributed by atoms with Gasteiger partial charge in [0.15, 0.2) is 5.82 Å². The molecule has 0 atom stereocenters. The van der Waals surface area contributed by atoms with E-state index in [9.17, 15) is 14.4 Å². The molecule has 0 saturated carbocycles. The molecule has 0 bridgehead atoms. The molecule has 0 aliphatic carbocycles. The number of benzene rings is 2. The summed E-state index contributed by atoms with van der Waals surface area (Å²) in [4.78, 5) is 41.9. The van der Waals surface area contributed by atoms with Gasteiger partial charge in [-0.05, 0) is 43.3 Å². The Morgan fingerprint density at radius 1 is 1.04 bits per heavy atom. The summed E-state index contributed by atoms with van der Waals surface area (Å²) in [5.41, 5.74) is 1.87. The minimum absolute atomic E-state index is 0.314. The van der Waals surface area contributed by atoms with Crippen molar-refractivity contribution >= 4 is 23.4 Å². The number of hydrogen-bond donors (Lipinski definition) is 1. The predicted octanol–water partition coefficient (Wildman–Crippen LogP) is 2.28. The number of hydrogen-bond acceptors (Lipinski definition) is 6. The van der Waals surface area contributed by atoms with E-state index in [2.05, 4.69) is 15.5 Å². The molecule has 0 spiro atoms. The summed E-state index contributed by atoms with van der Waals surface area (Å²) < 4.78 is 5.08. The van der Waals surface area contributed by atoms with E-state index in [1.807, 2.05) is 0 Å². The van der Waals surface area contributed by atoms with Crippen molar-refractivity contribution in [2.45, 2.75) is 6.92 Å². The van der Waals surface area contributed by atoms with Crippen LogP contribution >= 0.6 is 0 Å². The zero-order valence-electron chi connectivity index (χ0n) is 14.3. The third kappa shape index (κ3) is 3.08. The van der Waals surface area contributed by atoms with Crippen molar-refractivity contribution in [1.29, 1.82) is 0 Å². The molecule has 3 aromatic rings. The maximum Gasteiger partial charge on any atom is 0.262 e. The first-order chi connectivity index (χ1) is 13.0. The Balaban J connectivity index is 1.43. The molecule has 134 valence electrons. The molecular weight excluding hydrogens is 348 g/mol. The molecule has 0 radical (unpaired) electrons. The van der Waals surface area contributed by atoms with Crippen LogP contribution < -0.4 is 5.32 Å². The topological polar surface area (TPSA) is 105 Å². The molecule has 0 fully saturated rings. The van der Waals surface area contributed by atoms with Gasteiger partial charge in [0.2, 0.25) is 5.91 Å². The summed E-state index contributed by atoms with van der Waals surface area (Å²) in [6, 6.07) is 13.3. The van der Waals surface area contributed by atoms with E-state index in [1.165, 1.54) is 0 Å². The highest BCUT2D eigenvalue weighted by atomic mass is 16.5. The summed E-state index contributed by atoms with van der Waals surface area (Å²) >= 11 is 0. The maximum absolute atomic E-state index is 12.3. The van der Waals surface area contributed by atoms with Gasteiger partial charge in [-0.1, -0.05) is 17.3 Å². The number of carbonyl (C=O) groups is 3. The van der Waals surface area contributed by atoms with E-state index >= 15 is 0 Å². The number of rotatable bonds is 4. The Morgan fingerprint density at radius 2 is 1.67 bits per heavy atom. The lowest BCUT2D eigenvalue weighted by Crippen LogP contribution is -2.37. The Hall–Kier alpha value is -3.81. The normalized spacial score (nSPS) is 13.0. The molecular formula is C19H14N4O4. The van der Waals surface area contributed by atoms with Crippen molar-refractivity contribution in [3.63, 3.8) is 0 Å². The van der Waals surface area contributed by atoms with Crippen molar-refractivity contribution in [3.8, 4) is 11.5 Å². The number of aromatic nitrogens is 2. The third-order valence-electron chi connectivity index (χ3n) is 4.12. The van der Waals surface area contributed by atoms with Gasteiger partial charge in [0.25, 0.3) is 17.7 Å². The average molecular weight is 362 g/mol. The van der Waals surface area contributed by atoms with Crippen LogP contribution in [0.25, 0.3) is 11.5 Å². The van der Waals surface area contributed by atoms with Crippen molar-refractivity contribution in [2.24, 2.45) is 0 Å². The smallest absolute Gasteiger partial charge is 0.262 e. The van der Waals surface area contributed by atoms with Gasteiger partial charge in [-0.3, -0.25) is 19.3 Å². The van der Waals surface area contributed by atoms with E-state index in [1.54, 1.807) is 55.5 Å². The minimum Gasteiger partial charge on any atom is -0.334 e. The molecule has 1 aliphatic heterocycles. The van der Waals surface area contributed by atoms with Crippen molar-refractivity contribution < 1.29 is 18.9 Å². The van der Waals surface area contributed by atoms with Gasteiger partial charge in [-0.25, -0.2) is 0 Å². The second kappa shape index (κ2) is 6.49. The van der Waals surface area contributed by atoms with Crippen molar-refractivity contribution in [1.82, 2.24) is 15.0 Å². The quantitative estimate of drug-likeness (QED) is 0.714. The van der Waals surface area contributed by atoms with Gasteiger partial charge in [0, 0.05) is 11.3 Å². The highest BCUT2D eigenvalue weighted by molar-refractivity contribution is 6.22. The largest absolute Gasteiger partial charge is 0.334 e. The molecule has 1 aliphatic rings. The lowest BCUT2D eigenvalue weighted by Gasteiger charge is -2.13. The molecule has 0 unspecified atom stereocenters. The van der Waals surface area contributed by atoms with E-state index in [0.717, 1.165) is 4.90 Å². The number of amides is 3. The molecule has 0 saturated heterocycles. The summed E-state index contributed by atoms with van der Waals surface area (Å²) in [5, 5.41) is 6.40. The number of imide groups is 1. The fraction of sp³-hybridized carbons (Fsp3) is 0.105. The average Bonchev–Trinajstić information content (AvgIpc) is 3.20. The lowest BCUT2D eigenvalue weighted by molar-refractivity contribution is -0.116. The Morgan fingerprint density at radius 3 is 2.22 bits per heavy atom. The molecule has 1 aromatic heterocycles. The minimum atomic E-state index is -0.467. The van der Waals surface area contributed by atoms with Crippen LogP contribution in [0.5, 0.6) is 0 Å². The van der Waals surface area contributed by atoms with Crippen LogP contribution in [0.1, 0.15) is 26.5 Å². The molecule has 2 aromatic carbocycles. The molecule has 1 N–H and O–H groups in total. The Bertz CT molecular complexity index is 1020. The molecule has 3 amide bonds. The van der Waals surface area contributed by atoms with Crippen LogP contribution in [0.2, 0.25) is 0 Å². The fourth-order valence-electron chi connectivity index (χ4n) is 2.84. The lowest BCUT2D eigenvalue weighted by atomic mass is 10.1. The molecule has 4 rings (SSSR count). The Labute approximate surface area is 153 Å². The van der Waals surface area contributed by atoms with Gasteiger partial charge in [-0.2, -0.15) is 4.98 Å². The number of anilines is 1. The van der Waals surface area contributed by atoms with Crippen molar-refractivity contribution in [3.05, 3.63) is 65.5 Å². The summed E-state index contributed by atoms with van der Waals surface area (Å²) in [7, 11) is 0. The number of fused-ring (bicyclic) bond motifs is 1. The summed E-state index contributed by atoms with van der Waals surface area (Å²) in [5.74, 6) is -0.480. The summed E-state index contributed by atoms with van der Waals surface area (Å²) in [6.45, 7) is 1.37. The van der Waals surface area contributed by atoms with Gasteiger partial charge >= 0.3 is 0 Å². The van der Waals surface area contributed by atoms with Crippen LogP contribution in [0.4, 0.5) is 5.69 Å². The third-order valence-corrected chi connectivity index (χ3v) is 4.12. The van der Waals surface area contributed by atoms with Gasteiger partial charge in [-0.15, -0.1) is 0 Å². The molecule has 27 heavy (non-hydrogen) atoms. The first-order valence-corrected chi connectivity index (χ1v) is 8.19. The standard InChI is InChI=1S/C19H14N4O4/c1-11-20-17(27-22-11)12-6-8-13(9-7-12)21-16(24)10-23-18(25)14-4-2-3-5-15(14)19(23)26/h2-9H,10H2,1H3,(H,21,24). The summed E-state index contributed by atoms with van der Waals surface area (Å²) in [6.07, 6.45) is 0. The van der Waals surface area contributed by atoms with E-state index in [4.69, 9.17) is 4.52 Å². The molecule has 8 heteroatoms. The predicted molar refractivity (Wildman–Crippen MR) is 94.9 cm³/mol. The SMILES string of the molecule is Cc1noc(-c2ccc(NC(=O)CN3C(=O)c4ccccc4C3=O)cc2)n1. The molecule has 2 heterocycles. The second-order valence-electron chi connectivity index (χ2n) is 6.01. The first kappa shape index (κ1) is 16.6. The van der Waals surface area contributed by atoms with E-state index in [0.29, 0.717) is 34.1 Å². The van der Waals surface area contributed by atoms with Gasteiger partial charge < -0.3 is 9.84 Å². The van der Waals surface area contributed by atoms with Crippen LogP contribution in [-0.4, -0.2) is 39.3 Å². The van der Waals surface area contributed by atoms with Gasteiger partial charge in [0.05, 0.1) is 11.1 Å². The zero-order valence-corrected chi connectivity index (χ0v) is 14.3. The van der Waals surface area contributed by atoms with Crippen LogP contribution in [0.3, 0.4) is 0 Å². The number of nitrogens with zero attached hydrogens (tertiary/aromatic N) is 3. The van der Waals surface area contributed by atoms with E-state index in [-0.39, 0.29) is 6.54 Å². The monoisotopic (exact) mass is 362 g/mol. The van der Waals surface area contributed by atoms with Gasteiger partial charge in [0.1, 0.15) is 6.54 Å².